The molecule has 0 saturated heterocycles. The van der Waals surface area contributed by atoms with Crippen molar-refractivity contribution in [2.45, 2.75) is 19.9 Å². The summed E-state index contributed by atoms with van der Waals surface area (Å²) in [6.45, 7) is 3.35. The average Bonchev–Trinajstić information content (AvgIpc) is 2.91. The van der Waals surface area contributed by atoms with Gasteiger partial charge in [-0.3, -0.25) is 4.79 Å². The Morgan fingerprint density at radius 2 is 1.90 bits per heavy atom. The fourth-order valence-corrected chi connectivity index (χ4v) is 1.80. The maximum Gasteiger partial charge on any atom is 0.371 e. The van der Waals surface area contributed by atoms with Crippen molar-refractivity contribution < 1.29 is 23.5 Å². The summed E-state index contributed by atoms with van der Waals surface area (Å²) in [5.41, 5.74) is 1.13. The summed E-state index contributed by atoms with van der Waals surface area (Å²) >= 11 is 0. The van der Waals surface area contributed by atoms with Crippen LogP contribution in [0.5, 0.6) is 0 Å². The van der Waals surface area contributed by atoms with Gasteiger partial charge in [-0.15, -0.1) is 0 Å². The lowest BCUT2D eigenvalue weighted by Gasteiger charge is -2.14. The van der Waals surface area contributed by atoms with Crippen LogP contribution in [-0.2, 0) is 0 Å². The van der Waals surface area contributed by atoms with Crippen LogP contribution in [0.4, 0.5) is 4.39 Å². The Balaban J connectivity index is 2.10. The van der Waals surface area contributed by atoms with Crippen molar-refractivity contribution in [3.8, 4) is 0 Å². The van der Waals surface area contributed by atoms with Gasteiger partial charge in [0.15, 0.2) is 5.76 Å². The van der Waals surface area contributed by atoms with Gasteiger partial charge in [-0.25, -0.2) is 9.18 Å². The van der Waals surface area contributed by atoms with E-state index in [2.05, 4.69) is 5.32 Å². The third kappa shape index (κ3) is 3.28. The molecule has 1 aromatic carbocycles. The van der Waals surface area contributed by atoms with Gasteiger partial charge in [-0.2, -0.15) is 0 Å². The number of benzene rings is 1. The monoisotopic (exact) mass is 291 g/mol. The minimum absolute atomic E-state index is 0.105. The Morgan fingerprint density at radius 1 is 1.24 bits per heavy atom. The van der Waals surface area contributed by atoms with Crippen molar-refractivity contribution >= 4 is 11.9 Å². The van der Waals surface area contributed by atoms with Crippen LogP contribution < -0.4 is 5.32 Å². The lowest BCUT2D eigenvalue weighted by atomic mass is 10.1. The topological polar surface area (TPSA) is 79.5 Å². The second kappa shape index (κ2) is 5.78. The fraction of sp³-hybridized carbons (Fsp3) is 0.200. The van der Waals surface area contributed by atoms with Gasteiger partial charge in [-0.05, 0) is 43.2 Å². The number of rotatable bonds is 4. The molecule has 1 heterocycles. The lowest BCUT2D eigenvalue weighted by molar-refractivity contribution is 0.0659. The number of aromatic carboxylic acids is 1. The largest absolute Gasteiger partial charge is 0.475 e. The van der Waals surface area contributed by atoms with E-state index < -0.39 is 17.9 Å². The molecular formula is C15H14FNO4. The molecule has 0 aliphatic heterocycles. The Labute approximate surface area is 120 Å². The predicted molar refractivity (Wildman–Crippen MR) is 72.7 cm³/mol. The van der Waals surface area contributed by atoms with Crippen LogP contribution in [0.3, 0.4) is 0 Å². The Kier molecular flexibility index (Phi) is 4.07. The highest BCUT2D eigenvalue weighted by molar-refractivity contribution is 5.93. The molecule has 1 amide bonds. The maximum absolute atomic E-state index is 13.5. The third-order valence-electron chi connectivity index (χ3n) is 3.08. The van der Waals surface area contributed by atoms with Crippen LogP contribution in [0.15, 0.2) is 34.7 Å². The standard InChI is InChI=1S/C15H14FNO4/c1-8-3-4-10(7-11(8)16)9(2)17-14(18)12-5-6-13(21-12)15(19)20/h3-7,9H,1-2H3,(H,17,18)(H,19,20). The van der Waals surface area contributed by atoms with Gasteiger partial charge < -0.3 is 14.8 Å². The molecule has 1 unspecified atom stereocenters. The van der Waals surface area contributed by atoms with Crippen LogP contribution in [0.25, 0.3) is 0 Å². The highest BCUT2D eigenvalue weighted by Crippen LogP contribution is 2.17. The number of aryl methyl sites for hydroxylation is 1. The average molecular weight is 291 g/mol. The van der Waals surface area contributed by atoms with Crippen LogP contribution in [-0.4, -0.2) is 17.0 Å². The van der Waals surface area contributed by atoms with E-state index in [1.54, 1.807) is 26.0 Å². The van der Waals surface area contributed by atoms with Crippen molar-refractivity contribution in [3.05, 3.63) is 58.8 Å². The van der Waals surface area contributed by atoms with Crippen molar-refractivity contribution in [2.75, 3.05) is 0 Å². The number of hydrogen-bond acceptors (Lipinski definition) is 3. The van der Waals surface area contributed by atoms with Crippen molar-refractivity contribution in [3.63, 3.8) is 0 Å². The van der Waals surface area contributed by atoms with E-state index in [9.17, 15) is 14.0 Å². The van der Waals surface area contributed by atoms with E-state index in [4.69, 9.17) is 9.52 Å². The number of hydrogen-bond donors (Lipinski definition) is 2. The number of carbonyl (C=O) groups excluding carboxylic acids is 1. The first-order valence-electron chi connectivity index (χ1n) is 6.28. The van der Waals surface area contributed by atoms with Crippen molar-refractivity contribution in [1.29, 1.82) is 0 Å². The van der Waals surface area contributed by atoms with E-state index in [-0.39, 0.29) is 17.3 Å². The zero-order valence-electron chi connectivity index (χ0n) is 11.5. The number of carboxylic acids is 1. The van der Waals surface area contributed by atoms with Gasteiger partial charge in [0, 0.05) is 0 Å². The molecule has 6 heteroatoms. The number of carbonyl (C=O) groups is 2. The van der Waals surface area contributed by atoms with Gasteiger partial charge in [0.05, 0.1) is 6.04 Å². The molecule has 5 nitrogen and oxygen atoms in total. The molecule has 0 fully saturated rings. The SMILES string of the molecule is Cc1ccc(C(C)NC(=O)c2ccc(C(=O)O)o2)cc1F. The molecule has 2 rings (SSSR count). The molecular weight excluding hydrogens is 277 g/mol. The van der Waals surface area contributed by atoms with Gasteiger partial charge in [0.2, 0.25) is 5.76 Å². The Bertz CT molecular complexity index is 693. The third-order valence-corrected chi connectivity index (χ3v) is 3.08. The van der Waals surface area contributed by atoms with Crippen molar-refractivity contribution in [2.24, 2.45) is 0 Å². The molecule has 21 heavy (non-hydrogen) atoms. The van der Waals surface area contributed by atoms with E-state index >= 15 is 0 Å². The molecule has 0 saturated carbocycles. The highest BCUT2D eigenvalue weighted by Gasteiger charge is 2.17. The van der Waals surface area contributed by atoms with Crippen LogP contribution >= 0.6 is 0 Å². The highest BCUT2D eigenvalue weighted by atomic mass is 19.1. The molecule has 2 aromatic rings. The zero-order chi connectivity index (χ0) is 15.6. The van der Waals surface area contributed by atoms with Crippen molar-refractivity contribution in [1.82, 2.24) is 5.32 Å². The Morgan fingerprint density at radius 3 is 2.48 bits per heavy atom. The number of nitrogens with one attached hydrogen (secondary N) is 1. The van der Waals surface area contributed by atoms with Crippen LogP contribution in [0.2, 0.25) is 0 Å². The first-order valence-corrected chi connectivity index (χ1v) is 6.28. The van der Waals surface area contributed by atoms with E-state index in [1.807, 2.05) is 0 Å². The lowest BCUT2D eigenvalue weighted by Crippen LogP contribution is -2.26. The van der Waals surface area contributed by atoms with Gasteiger partial charge in [0.1, 0.15) is 5.82 Å². The normalized spacial score (nSPS) is 12.0. The Hall–Kier alpha value is -2.63. The predicted octanol–water partition coefficient (Wildman–Crippen LogP) is 2.92. The summed E-state index contributed by atoms with van der Waals surface area (Å²) in [7, 11) is 0. The van der Waals surface area contributed by atoms with E-state index in [0.717, 1.165) is 0 Å². The van der Waals surface area contributed by atoms with Gasteiger partial charge in [0.25, 0.3) is 5.91 Å². The summed E-state index contributed by atoms with van der Waals surface area (Å²) < 4.78 is 18.4. The number of amides is 1. The molecule has 0 radical (unpaired) electrons. The second-order valence-corrected chi connectivity index (χ2v) is 4.67. The number of carboxylic acid groups (broad SMARTS) is 1. The fourth-order valence-electron chi connectivity index (χ4n) is 1.80. The number of halogens is 1. The van der Waals surface area contributed by atoms with E-state index in [1.165, 1.54) is 18.2 Å². The first-order chi connectivity index (χ1) is 9.88. The summed E-state index contributed by atoms with van der Waals surface area (Å²) in [5, 5.41) is 11.3. The summed E-state index contributed by atoms with van der Waals surface area (Å²) in [4.78, 5) is 22.6. The molecule has 0 spiro atoms. The quantitative estimate of drug-likeness (QED) is 0.907. The number of furan rings is 1. The molecule has 0 aliphatic carbocycles. The maximum atomic E-state index is 13.5. The van der Waals surface area contributed by atoms with Crippen LogP contribution in [0, 0.1) is 12.7 Å². The molecule has 0 aliphatic rings. The molecule has 2 N–H and O–H groups in total. The minimum atomic E-state index is -1.25. The zero-order valence-corrected chi connectivity index (χ0v) is 11.5. The van der Waals surface area contributed by atoms with E-state index in [0.29, 0.717) is 11.1 Å². The summed E-state index contributed by atoms with van der Waals surface area (Å²) in [5.74, 6) is -2.57. The molecule has 110 valence electrons. The summed E-state index contributed by atoms with van der Waals surface area (Å²) in [6, 6.07) is 6.74. The summed E-state index contributed by atoms with van der Waals surface area (Å²) in [6.07, 6.45) is 0. The van der Waals surface area contributed by atoms with Gasteiger partial charge in [-0.1, -0.05) is 12.1 Å². The smallest absolute Gasteiger partial charge is 0.371 e. The molecule has 1 atom stereocenters. The minimum Gasteiger partial charge on any atom is -0.475 e. The molecule has 0 bridgehead atoms. The van der Waals surface area contributed by atoms with Gasteiger partial charge >= 0.3 is 5.97 Å². The van der Waals surface area contributed by atoms with Crippen LogP contribution in [0.1, 0.15) is 45.2 Å². The second-order valence-electron chi connectivity index (χ2n) is 4.67. The molecule has 1 aromatic heterocycles. The first kappa shape index (κ1) is 14.8.